The highest BCUT2D eigenvalue weighted by Gasteiger charge is 2.36. The molecule has 0 amide bonds. The van der Waals surface area contributed by atoms with E-state index in [-0.39, 0.29) is 15.8 Å². The molecule has 3 nitrogen and oxygen atoms in total. The van der Waals surface area contributed by atoms with Crippen LogP contribution in [-0.4, -0.2) is 19.8 Å². The Kier molecular flexibility index (Phi) is 5.24. The molecule has 0 spiro atoms. The predicted molar refractivity (Wildman–Crippen MR) is 83.3 cm³/mol. The zero-order valence-electron chi connectivity index (χ0n) is 10.8. The van der Waals surface area contributed by atoms with Gasteiger partial charge in [-0.25, -0.2) is 13.1 Å². The van der Waals surface area contributed by atoms with Crippen LogP contribution >= 0.6 is 34.8 Å². The highest BCUT2D eigenvalue weighted by atomic mass is 35.5. The van der Waals surface area contributed by atoms with E-state index in [0.717, 1.165) is 32.1 Å². The average Bonchev–Trinajstić information content (AvgIpc) is 2.42. The first-order chi connectivity index (χ1) is 9.38. The zero-order chi connectivity index (χ0) is 14.8. The Labute approximate surface area is 134 Å². The monoisotopic (exact) mass is 355 g/mol. The first-order valence-corrected chi connectivity index (χ1v) is 9.21. The summed E-state index contributed by atoms with van der Waals surface area (Å²) in [6.45, 7) is 0. The molecule has 2 rings (SSSR count). The highest BCUT2D eigenvalue weighted by Crippen LogP contribution is 2.32. The summed E-state index contributed by atoms with van der Waals surface area (Å²) in [5.41, 5.74) is -0.579. The highest BCUT2D eigenvalue weighted by molar-refractivity contribution is 7.89. The predicted octanol–water partition coefficient (Wildman–Crippen LogP) is 4.21. The van der Waals surface area contributed by atoms with Gasteiger partial charge in [-0.05, 0) is 31.0 Å². The molecule has 0 heterocycles. The second-order valence-electron chi connectivity index (χ2n) is 5.15. The molecule has 1 aliphatic rings. The number of hydrogen-bond acceptors (Lipinski definition) is 2. The van der Waals surface area contributed by atoms with Crippen LogP contribution in [0.25, 0.3) is 0 Å². The average molecular weight is 357 g/mol. The minimum Gasteiger partial charge on any atom is -0.207 e. The smallest absolute Gasteiger partial charge is 0.207 e. The van der Waals surface area contributed by atoms with Gasteiger partial charge in [0, 0.05) is 16.4 Å². The van der Waals surface area contributed by atoms with Crippen molar-refractivity contribution < 1.29 is 8.42 Å². The van der Waals surface area contributed by atoms with Gasteiger partial charge in [0.05, 0.1) is 5.02 Å². The largest absolute Gasteiger partial charge is 0.242 e. The summed E-state index contributed by atoms with van der Waals surface area (Å²) in [6.07, 6.45) is 4.54. The van der Waals surface area contributed by atoms with E-state index >= 15 is 0 Å². The van der Waals surface area contributed by atoms with Crippen molar-refractivity contribution in [2.45, 2.75) is 42.5 Å². The molecule has 0 saturated heterocycles. The Balaban J connectivity index is 2.32. The van der Waals surface area contributed by atoms with Crippen molar-refractivity contribution >= 4 is 44.8 Å². The maximum Gasteiger partial charge on any atom is 0.242 e. The lowest BCUT2D eigenvalue weighted by Crippen LogP contribution is -2.51. The van der Waals surface area contributed by atoms with Gasteiger partial charge in [-0.15, -0.1) is 11.6 Å². The molecule has 1 N–H and O–H groups in total. The summed E-state index contributed by atoms with van der Waals surface area (Å²) in [5, 5.41) is 0.487. The van der Waals surface area contributed by atoms with Gasteiger partial charge in [-0.1, -0.05) is 42.5 Å². The van der Waals surface area contributed by atoms with Crippen LogP contribution in [0.3, 0.4) is 0 Å². The Morgan fingerprint density at radius 1 is 1.15 bits per heavy atom. The third kappa shape index (κ3) is 3.60. The summed E-state index contributed by atoms with van der Waals surface area (Å²) in [4.78, 5) is 0.00160. The van der Waals surface area contributed by atoms with Crippen LogP contribution in [0.1, 0.15) is 32.1 Å². The van der Waals surface area contributed by atoms with E-state index in [0.29, 0.717) is 5.02 Å². The lowest BCUT2D eigenvalue weighted by molar-refractivity contribution is 0.298. The van der Waals surface area contributed by atoms with Crippen molar-refractivity contribution in [3.63, 3.8) is 0 Å². The molecule has 0 atom stereocenters. The third-order valence-electron chi connectivity index (χ3n) is 3.60. The molecule has 1 saturated carbocycles. The van der Waals surface area contributed by atoms with Crippen molar-refractivity contribution in [1.29, 1.82) is 0 Å². The molecule has 0 aromatic heterocycles. The number of alkyl halides is 1. The van der Waals surface area contributed by atoms with E-state index in [1.165, 1.54) is 12.1 Å². The van der Waals surface area contributed by atoms with Crippen LogP contribution in [0.15, 0.2) is 23.1 Å². The third-order valence-corrected chi connectivity index (χ3v) is 6.41. The van der Waals surface area contributed by atoms with Crippen molar-refractivity contribution in [1.82, 2.24) is 4.72 Å². The molecule has 1 aliphatic carbocycles. The first-order valence-electron chi connectivity index (χ1n) is 6.44. The Hall–Kier alpha value is -0.000000000000000167. The van der Waals surface area contributed by atoms with Crippen LogP contribution in [0.2, 0.25) is 10.0 Å². The van der Waals surface area contributed by atoms with E-state index in [4.69, 9.17) is 34.8 Å². The molecule has 0 bridgehead atoms. The number of benzene rings is 1. The molecular weight excluding hydrogens is 341 g/mol. The maximum absolute atomic E-state index is 12.5. The molecule has 0 unspecified atom stereocenters. The summed E-state index contributed by atoms with van der Waals surface area (Å²) < 4.78 is 27.8. The van der Waals surface area contributed by atoms with Gasteiger partial charge < -0.3 is 0 Å². The fourth-order valence-corrected chi connectivity index (χ4v) is 5.15. The van der Waals surface area contributed by atoms with E-state index in [1.807, 2.05) is 0 Å². The van der Waals surface area contributed by atoms with Crippen molar-refractivity contribution in [2.24, 2.45) is 0 Å². The lowest BCUT2D eigenvalue weighted by atomic mass is 9.84. The van der Waals surface area contributed by atoms with Crippen LogP contribution in [-0.2, 0) is 10.0 Å². The van der Waals surface area contributed by atoms with Crippen LogP contribution in [0.5, 0.6) is 0 Å². The van der Waals surface area contributed by atoms with Gasteiger partial charge >= 0.3 is 0 Å². The van der Waals surface area contributed by atoms with E-state index < -0.39 is 15.6 Å². The van der Waals surface area contributed by atoms with E-state index in [2.05, 4.69) is 4.72 Å². The fourth-order valence-electron chi connectivity index (χ4n) is 2.51. The molecular formula is C13H16Cl3NO2S. The first kappa shape index (κ1) is 16.4. The molecule has 7 heteroatoms. The lowest BCUT2D eigenvalue weighted by Gasteiger charge is -2.36. The van der Waals surface area contributed by atoms with Crippen molar-refractivity contribution in [3.8, 4) is 0 Å². The van der Waals surface area contributed by atoms with Crippen molar-refractivity contribution in [2.75, 3.05) is 5.88 Å². The molecule has 20 heavy (non-hydrogen) atoms. The fraction of sp³-hybridized carbons (Fsp3) is 0.538. The Bertz CT molecular complexity index is 583. The molecule has 0 radical (unpaired) electrons. The van der Waals surface area contributed by atoms with E-state index in [1.54, 1.807) is 6.07 Å². The summed E-state index contributed by atoms with van der Waals surface area (Å²) >= 11 is 17.8. The van der Waals surface area contributed by atoms with Gasteiger partial charge in [-0.2, -0.15) is 0 Å². The summed E-state index contributed by atoms with van der Waals surface area (Å²) in [5.74, 6) is 0.254. The van der Waals surface area contributed by atoms with Gasteiger partial charge in [0.2, 0.25) is 10.0 Å². The van der Waals surface area contributed by atoms with Gasteiger partial charge in [0.25, 0.3) is 0 Å². The Morgan fingerprint density at radius 3 is 2.40 bits per heavy atom. The number of halogens is 3. The number of nitrogens with one attached hydrogen (secondary N) is 1. The molecule has 112 valence electrons. The summed E-state index contributed by atoms with van der Waals surface area (Å²) in [6, 6.07) is 4.39. The second-order valence-corrected chi connectivity index (χ2v) is 7.92. The molecule has 1 fully saturated rings. The normalized spacial score (nSPS) is 18.9. The second kappa shape index (κ2) is 6.41. The minimum absolute atomic E-state index is 0.00160. The van der Waals surface area contributed by atoms with Gasteiger partial charge in [-0.3, -0.25) is 0 Å². The van der Waals surface area contributed by atoms with Crippen LogP contribution < -0.4 is 4.72 Å². The van der Waals surface area contributed by atoms with Crippen molar-refractivity contribution in [3.05, 3.63) is 28.2 Å². The van der Waals surface area contributed by atoms with Crippen LogP contribution in [0.4, 0.5) is 0 Å². The maximum atomic E-state index is 12.5. The van der Waals surface area contributed by atoms with Gasteiger partial charge in [0.1, 0.15) is 4.90 Å². The van der Waals surface area contributed by atoms with Gasteiger partial charge in [0.15, 0.2) is 0 Å². The topological polar surface area (TPSA) is 46.2 Å². The quantitative estimate of drug-likeness (QED) is 0.821. The number of sulfonamides is 1. The SMILES string of the molecule is O=S(=O)(NC1(CCl)CCCCC1)c1cc(Cl)ccc1Cl. The standard InChI is InChI=1S/C13H16Cl3NO2S/c14-9-13(6-2-1-3-7-13)17-20(18,19)12-8-10(15)4-5-11(12)16/h4-5,8,17H,1-3,6-7,9H2. The minimum atomic E-state index is -3.73. The van der Waals surface area contributed by atoms with Crippen LogP contribution in [0, 0.1) is 0 Å². The molecule has 0 aliphatic heterocycles. The number of rotatable bonds is 4. The zero-order valence-corrected chi connectivity index (χ0v) is 13.9. The van der Waals surface area contributed by atoms with E-state index in [9.17, 15) is 8.42 Å². The summed E-state index contributed by atoms with van der Waals surface area (Å²) in [7, 11) is -3.73. The molecule has 1 aromatic carbocycles. The molecule has 1 aromatic rings. The number of hydrogen-bond donors (Lipinski definition) is 1. The Morgan fingerprint density at radius 2 is 1.80 bits per heavy atom.